The fraction of sp³-hybridized carbons (Fsp3) is 0.259. The summed E-state index contributed by atoms with van der Waals surface area (Å²) in [5.74, 6) is -0.389. The van der Waals surface area contributed by atoms with Gasteiger partial charge in [-0.3, -0.25) is 15.2 Å². The molecule has 9 nitrogen and oxygen atoms in total. The molecule has 5 N–H and O–H groups in total. The molecule has 186 valence electrons. The summed E-state index contributed by atoms with van der Waals surface area (Å²) in [7, 11) is 0. The van der Waals surface area contributed by atoms with Crippen LogP contribution in [0.5, 0.6) is 0 Å². The van der Waals surface area contributed by atoms with Gasteiger partial charge in [0.25, 0.3) is 5.91 Å². The molecule has 1 aromatic heterocycles. The molecule has 1 saturated heterocycles. The van der Waals surface area contributed by atoms with Gasteiger partial charge in [0.1, 0.15) is 5.71 Å². The third kappa shape index (κ3) is 7.13. The van der Waals surface area contributed by atoms with Crippen LogP contribution in [0.25, 0.3) is 0 Å². The average Bonchev–Trinajstić information content (AvgIpc) is 3.43. The van der Waals surface area contributed by atoms with Crippen LogP contribution in [-0.2, 0) is 11.3 Å². The van der Waals surface area contributed by atoms with E-state index < -0.39 is 0 Å². The van der Waals surface area contributed by atoms with Gasteiger partial charge in [-0.05, 0) is 67.9 Å². The van der Waals surface area contributed by atoms with Crippen molar-refractivity contribution in [2.24, 2.45) is 0 Å². The Bertz CT molecular complexity index is 1180. The minimum atomic E-state index is -0.389. The zero-order valence-electron chi connectivity index (χ0n) is 20.1. The van der Waals surface area contributed by atoms with Crippen molar-refractivity contribution in [3.8, 4) is 0 Å². The monoisotopic (exact) mass is 485 g/mol. The Morgan fingerprint density at radius 2 is 1.67 bits per heavy atom. The fourth-order valence-corrected chi connectivity index (χ4v) is 4.01. The van der Waals surface area contributed by atoms with Crippen molar-refractivity contribution in [1.29, 1.82) is 5.41 Å². The molecule has 0 unspecified atom stereocenters. The van der Waals surface area contributed by atoms with Gasteiger partial charge in [0, 0.05) is 54.7 Å². The minimum absolute atomic E-state index is 0.0805. The summed E-state index contributed by atoms with van der Waals surface area (Å²) in [6.45, 7) is 3.87. The highest BCUT2D eigenvalue weighted by Crippen LogP contribution is 2.23. The normalized spacial score (nSPS) is 13.1. The van der Waals surface area contributed by atoms with Crippen LogP contribution in [0, 0.1) is 5.41 Å². The minimum Gasteiger partial charge on any atom is -0.355 e. The summed E-state index contributed by atoms with van der Waals surface area (Å²) >= 11 is 0. The van der Waals surface area contributed by atoms with Gasteiger partial charge in [-0.15, -0.1) is 0 Å². The second-order valence-corrected chi connectivity index (χ2v) is 8.60. The smallest absolute Gasteiger partial charge is 0.319 e. The zero-order valence-corrected chi connectivity index (χ0v) is 20.1. The molecule has 0 bridgehead atoms. The lowest BCUT2D eigenvalue weighted by Crippen LogP contribution is -2.37. The van der Waals surface area contributed by atoms with Gasteiger partial charge in [-0.2, -0.15) is 0 Å². The first-order chi connectivity index (χ1) is 17.6. The van der Waals surface area contributed by atoms with E-state index in [1.165, 1.54) is 12.8 Å². The molecule has 0 aliphatic carbocycles. The lowest BCUT2D eigenvalue weighted by Gasteiger charge is -2.16. The molecule has 2 aromatic carbocycles. The van der Waals surface area contributed by atoms with E-state index in [4.69, 9.17) is 5.41 Å². The van der Waals surface area contributed by atoms with Crippen molar-refractivity contribution in [2.75, 3.05) is 36.8 Å². The van der Waals surface area contributed by atoms with E-state index >= 15 is 0 Å². The molecule has 9 heteroatoms. The van der Waals surface area contributed by atoms with Crippen molar-refractivity contribution in [3.63, 3.8) is 0 Å². The third-order valence-corrected chi connectivity index (χ3v) is 5.93. The number of urea groups is 1. The van der Waals surface area contributed by atoms with Crippen molar-refractivity contribution >= 4 is 34.7 Å². The number of carbonyl (C=O) groups is 2. The molecule has 3 amide bonds. The van der Waals surface area contributed by atoms with Crippen LogP contribution in [-0.4, -0.2) is 53.7 Å². The number of nitrogens with one attached hydrogen (secondary N) is 5. The van der Waals surface area contributed by atoms with Crippen molar-refractivity contribution in [2.45, 2.75) is 19.4 Å². The molecule has 4 rings (SSSR count). The Balaban J connectivity index is 1.30. The summed E-state index contributed by atoms with van der Waals surface area (Å²) in [4.78, 5) is 31.1. The van der Waals surface area contributed by atoms with Crippen molar-refractivity contribution < 1.29 is 9.59 Å². The Hall–Kier alpha value is -4.24. The van der Waals surface area contributed by atoms with Crippen molar-refractivity contribution in [1.82, 2.24) is 20.5 Å². The number of pyridine rings is 1. The summed E-state index contributed by atoms with van der Waals surface area (Å²) in [5.41, 5.74) is 3.42. The zero-order chi connectivity index (χ0) is 25.2. The second-order valence-electron chi connectivity index (χ2n) is 8.60. The van der Waals surface area contributed by atoms with Gasteiger partial charge in [0.15, 0.2) is 0 Å². The highest BCUT2D eigenvalue weighted by atomic mass is 16.2. The summed E-state index contributed by atoms with van der Waals surface area (Å²) < 4.78 is 0. The lowest BCUT2D eigenvalue weighted by molar-refractivity contribution is -0.114. The fourth-order valence-electron chi connectivity index (χ4n) is 4.01. The molecule has 1 fully saturated rings. The maximum Gasteiger partial charge on any atom is 0.319 e. The largest absolute Gasteiger partial charge is 0.355 e. The molecule has 3 aromatic rings. The molecule has 1 aliphatic rings. The molecule has 0 saturated carbocycles. The molecule has 36 heavy (non-hydrogen) atoms. The molecule has 0 spiro atoms. The highest BCUT2D eigenvalue weighted by Gasteiger charge is 2.17. The standard InChI is InChI=1S/C27H31N7O2/c28-25(26(35)30-14-17-34-15-3-4-16-34)23-7-1-2-8-24(23)32-21-9-11-22(12-10-21)33-27(36)31-19-20-6-5-13-29-18-20/h1-2,5-13,18,28,32H,3-4,14-17,19H2,(H,30,35)(H2,31,33,36). The third-order valence-electron chi connectivity index (χ3n) is 5.93. The van der Waals surface area contributed by atoms with Gasteiger partial charge >= 0.3 is 6.03 Å². The number of carbonyl (C=O) groups excluding carboxylic acids is 2. The van der Waals surface area contributed by atoms with E-state index in [2.05, 4.69) is 31.2 Å². The molecule has 0 radical (unpaired) electrons. The Labute approximate surface area is 210 Å². The molecule has 0 atom stereocenters. The molecular formula is C27H31N7O2. The van der Waals surface area contributed by atoms with Gasteiger partial charge in [0.05, 0.1) is 0 Å². The molecular weight excluding hydrogens is 454 g/mol. The van der Waals surface area contributed by atoms with Crippen LogP contribution < -0.4 is 21.3 Å². The number of hydrogen-bond donors (Lipinski definition) is 5. The maximum absolute atomic E-state index is 12.6. The van der Waals surface area contributed by atoms with E-state index in [1.807, 2.05) is 42.5 Å². The van der Waals surface area contributed by atoms with Crippen LogP contribution in [0.2, 0.25) is 0 Å². The SMILES string of the molecule is N=C(C(=O)NCCN1CCCC1)c1ccccc1Nc1ccc(NC(=O)NCc2cccnc2)cc1. The van der Waals surface area contributed by atoms with Crippen LogP contribution in [0.3, 0.4) is 0 Å². The van der Waals surface area contributed by atoms with E-state index in [1.54, 1.807) is 30.6 Å². The Morgan fingerprint density at radius 1 is 0.917 bits per heavy atom. The van der Waals surface area contributed by atoms with E-state index in [-0.39, 0.29) is 17.6 Å². The lowest BCUT2D eigenvalue weighted by atomic mass is 10.1. The quantitative estimate of drug-likeness (QED) is 0.280. The molecule has 1 aliphatic heterocycles. The number of aromatic nitrogens is 1. The first-order valence-corrected chi connectivity index (χ1v) is 12.1. The number of amides is 3. The molecule has 2 heterocycles. The Kier molecular flexibility index (Phi) is 8.61. The Morgan fingerprint density at radius 3 is 2.42 bits per heavy atom. The summed E-state index contributed by atoms with van der Waals surface area (Å²) in [6, 6.07) is 17.9. The predicted molar refractivity (Wildman–Crippen MR) is 142 cm³/mol. The topological polar surface area (TPSA) is 122 Å². The highest BCUT2D eigenvalue weighted by molar-refractivity contribution is 6.45. The first-order valence-electron chi connectivity index (χ1n) is 12.1. The summed E-state index contributed by atoms with van der Waals surface area (Å²) in [5, 5.41) is 20.1. The van der Waals surface area contributed by atoms with Gasteiger partial charge < -0.3 is 26.2 Å². The number of hydrogen-bond acceptors (Lipinski definition) is 6. The van der Waals surface area contributed by atoms with Crippen LogP contribution in [0.4, 0.5) is 21.9 Å². The van der Waals surface area contributed by atoms with Crippen LogP contribution in [0.15, 0.2) is 73.1 Å². The van der Waals surface area contributed by atoms with Gasteiger partial charge in [0.2, 0.25) is 0 Å². The van der Waals surface area contributed by atoms with Crippen molar-refractivity contribution in [3.05, 3.63) is 84.2 Å². The number of para-hydroxylation sites is 1. The van der Waals surface area contributed by atoms with E-state index in [9.17, 15) is 9.59 Å². The van der Waals surface area contributed by atoms with Crippen LogP contribution >= 0.6 is 0 Å². The first kappa shape index (κ1) is 24.9. The van der Waals surface area contributed by atoms with Gasteiger partial charge in [-0.25, -0.2) is 4.79 Å². The number of benzene rings is 2. The number of rotatable bonds is 10. The summed E-state index contributed by atoms with van der Waals surface area (Å²) in [6.07, 6.45) is 5.81. The average molecular weight is 486 g/mol. The maximum atomic E-state index is 12.6. The number of anilines is 3. The van der Waals surface area contributed by atoms with E-state index in [0.29, 0.717) is 30.0 Å². The predicted octanol–water partition coefficient (Wildman–Crippen LogP) is 3.73. The second kappa shape index (κ2) is 12.5. The van der Waals surface area contributed by atoms with E-state index in [0.717, 1.165) is 30.9 Å². The number of nitrogens with zero attached hydrogens (tertiary/aromatic N) is 2. The van der Waals surface area contributed by atoms with Gasteiger partial charge in [-0.1, -0.05) is 24.3 Å². The number of likely N-dealkylation sites (tertiary alicyclic amines) is 1. The van der Waals surface area contributed by atoms with Crippen LogP contribution in [0.1, 0.15) is 24.0 Å².